The minimum Gasteiger partial charge on any atom is -0.465 e. The average molecular weight is 330 g/mol. The highest BCUT2D eigenvalue weighted by Gasteiger charge is 2.09. The van der Waals surface area contributed by atoms with E-state index in [1.54, 1.807) is 31.4 Å². The van der Waals surface area contributed by atoms with Crippen molar-refractivity contribution in [3.05, 3.63) is 47.9 Å². The zero-order valence-electron chi connectivity index (χ0n) is 13.4. The van der Waals surface area contributed by atoms with E-state index in [1.165, 1.54) is 19.5 Å². The molecule has 0 saturated heterocycles. The van der Waals surface area contributed by atoms with Crippen LogP contribution in [-0.2, 0) is 9.47 Å². The van der Waals surface area contributed by atoms with E-state index in [1.807, 2.05) is 0 Å². The van der Waals surface area contributed by atoms with E-state index in [4.69, 9.17) is 4.74 Å². The van der Waals surface area contributed by atoms with Crippen LogP contribution in [0.25, 0.3) is 0 Å². The van der Waals surface area contributed by atoms with Crippen molar-refractivity contribution < 1.29 is 19.1 Å². The fourth-order valence-corrected chi connectivity index (χ4v) is 1.86. The lowest BCUT2D eigenvalue weighted by Gasteiger charge is -2.08. The summed E-state index contributed by atoms with van der Waals surface area (Å²) in [6.45, 7) is 0.826. The Kier molecular flexibility index (Phi) is 6.21. The molecule has 0 aliphatic heterocycles. The van der Waals surface area contributed by atoms with Crippen LogP contribution < -0.4 is 10.6 Å². The topological polar surface area (TPSA) is 102 Å². The van der Waals surface area contributed by atoms with Gasteiger partial charge in [-0.1, -0.05) is 6.07 Å². The van der Waals surface area contributed by atoms with Gasteiger partial charge in [-0.15, -0.1) is 0 Å². The molecule has 0 aliphatic carbocycles. The van der Waals surface area contributed by atoms with Gasteiger partial charge in [0.2, 0.25) is 0 Å². The summed E-state index contributed by atoms with van der Waals surface area (Å²) in [5, 5.41) is 5.67. The fraction of sp³-hybridized carbons (Fsp3) is 0.250. The number of aromatic nitrogens is 2. The van der Waals surface area contributed by atoms with Crippen LogP contribution in [0.3, 0.4) is 0 Å². The highest BCUT2D eigenvalue weighted by Crippen LogP contribution is 2.16. The number of hydrogen-bond donors (Lipinski definition) is 2. The number of hydrogen-bond acceptors (Lipinski definition) is 7. The number of carbonyl (C=O) groups excluding carboxylic acids is 2. The van der Waals surface area contributed by atoms with Crippen LogP contribution in [0.4, 0.5) is 11.5 Å². The van der Waals surface area contributed by atoms with Gasteiger partial charge in [0.15, 0.2) is 0 Å². The minimum absolute atomic E-state index is 0.208. The number of benzene rings is 1. The van der Waals surface area contributed by atoms with E-state index in [9.17, 15) is 9.59 Å². The maximum Gasteiger partial charge on any atom is 0.337 e. The van der Waals surface area contributed by atoms with Gasteiger partial charge in [-0.05, 0) is 18.2 Å². The number of anilines is 2. The Bertz CT molecular complexity index is 703. The van der Waals surface area contributed by atoms with Crippen LogP contribution in [0, 0.1) is 0 Å². The molecule has 1 heterocycles. The van der Waals surface area contributed by atoms with Crippen molar-refractivity contribution in [3.63, 3.8) is 0 Å². The molecule has 0 bridgehead atoms. The Morgan fingerprint density at radius 3 is 2.67 bits per heavy atom. The predicted molar refractivity (Wildman–Crippen MR) is 87.3 cm³/mol. The second kappa shape index (κ2) is 8.59. The largest absolute Gasteiger partial charge is 0.465 e. The summed E-state index contributed by atoms with van der Waals surface area (Å²) in [4.78, 5) is 31.5. The van der Waals surface area contributed by atoms with Crippen molar-refractivity contribution in [3.8, 4) is 0 Å². The van der Waals surface area contributed by atoms with Crippen molar-refractivity contribution in [2.24, 2.45) is 0 Å². The Labute approximate surface area is 139 Å². The Balaban J connectivity index is 2.01. The summed E-state index contributed by atoms with van der Waals surface area (Å²) < 4.78 is 9.53. The molecule has 0 unspecified atom stereocenters. The van der Waals surface area contributed by atoms with Crippen LogP contribution in [0.5, 0.6) is 0 Å². The molecule has 2 aromatic rings. The Morgan fingerprint density at radius 1 is 1.17 bits per heavy atom. The standard InChI is InChI=1S/C16H18N4O4/c1-23-7-6-17-15(21)13-9-19-14(10-18-13)20-12-5-3-4-11(8-12)16(22)24-2/h3-5,8-10H,6-7H2,1-2H3,(H,17,21)(H,19,20). The monoisotopic (exact) mass is 330 g/mol. The number of carbonyl (C=O) groups is 2. The summed E-state index contributed by atoms with van der Waals surface area (Å²) in [7, 11) is 2.88. The first-order chi connectivity index (χ1) is 11.6. The van der Waals surface area contributed by atoms with Crippen LogP contribution in [0.15, 0.2) is 36.7 Å². The lowest BCUT2D eigenvalue weighted by molar-refractivity contribution is 0.0600. The third-order valence-corrected chi connectivity index (χ3v) is 3.03. The normalized spacial score (nSPS) is 10.1. The molecule has 0 fully saturated rings. The Hall–Kier alpha value is -3.00. The maximum atomic E-state index is 11.8. The Morgan fingerprint density at radius 2 is 2.00 bits per heavy atom. The van der Waals surface area contributed by atoms with Crippen LogP contribution in [0.1, 0.15) is 20.8 Å². The van der Waals surface area contributed by atoms with Gasteiger partial charge in [-0.3, -0.25) is 4.79 Å². The smallest absolute Gasteiger partial charge is 0.337 e. The number of rotatable bonds is 7. The van der Waals surface area contributed by atoms with Crippen molar-refractivity contribution in [1.29, 1.82) is 0 Å². The number of methoxy groups -OCH3 is 2. The molecule has 0 aliphatic rings. The lowest BCUT2D eigenvalue weighted by atomic mass is 10.2. The molecule has 0 spiro atoms. The zero-order chi connectivity index (χ0) is 17.4. The van der Waals surface area contributed by atoms with Gasteiger partial charge in [0.05, 0.1) is 31.7 Å². The minimum atomic E-state index is -0.423. The fourth-order valence-electron chi connectivity index (χ4n) is 1.86. The van der Waals surface area contributed by atoms with Crippen LogP contribution in [0.2, 0.25) is 0 Å². The van der Waals surface area contributed by atoms with E-state index < -0.39 is 5.97 Å². The van der Waals surface area contributed by atoms with E-state index >= 15 is 0 Å². The van der Waals surface area contributed by atoms with Crippen molar-refractivity contribution in [2.75, 3.05) is 32.7 Å². The molecule has 24 heavy (non-hydrogen) atoms. The molecule has 8 nitrogen and oxygen atoms in total. The molecule has 0 radical (unpaired) electrons. The van der Waals surface area contributed by atoms with Gasteiger partial charge in [0.1, 0.15) is 11.5 Å². The van der Waals surface area contributed by atoms with Crippen molar-refractivity contribution in [2.45, 2.75) is 0 Å². The third-order valence-electron chi connectivity index (χ3n) is 3.03. The summed E-state index contributed by atoms with van der Waals surface area (Å²) in [6.07, 6.45) is 2.81. The van der Waals surface area contributed by atoms with Gasteiger partial charge in [-0.25, -0.2) is 14.8 Å². The molecule has 8 heteroatoms. The molecule has 2 rings (SSSR count). The molecule has 2 N–H and O–H groups in total. The maximum absolute atomic E-state index is 11.8. The summed E-state index contributed by atoms with van der Waals surface area (Å²) in [5.74, 6) is -0.294. The van der Waals surface area contributed by atoms with Crippen molar-refractivity contribution >= 4 is 23.4 Å². The highest BCUT2D eigenvalue weighted by molar-refractivity contribution is 5.92. The second-order valence-electron chi connectivity index (χ2n) is 4.73. The van der Waals surface area contributed by atoms with E-state index in [2.05, 4.69) is 25.3 Å². The van der Waals surface area contributed by atoms with Gasteiger partial charge in [0, 0.05) is 19.3 Å². The average Bonchev–Trinajstić information content (AvgIpc) is 2.62. The SMILES string of the molecule is COCCNC(=O)c1cnc(Nc2cccc(C(=O)OC)c2)cn1. The van der Waals surface area contributed by atoms with Crippen LogP contribution >= 0.6 is 0 Å². The van der Waals surface area contributed by atoms with Gasteiger partial charge in [-0.2, -0.15) is 0 Å². The number of nitrogens with zero attached hydrogens (tertiary/aromatic N) is 2. The van der Waals surface area contributed by atoms with E-state index in [0.29, 0.717) is 30.2 Å². The second-order valence-corrected chi connectivity index (χ2v) is 4.73. The molecular weight excluding hydrogens is 312 g/mol. The van der Waals surface area contributed by atoms with E-state index in [-0.39, 0.29) is 11.6 Å². The zero-order valence-corrected chi connectivity index (χ0v) is 13.4. The first kappa shape index (κ1) is 17.4. The molecule has 0 saturated carbocycles. The molecule has 1 amide bonds. The highest BCUT2D eigenvalue weighted by atomic mass is 16.5. The van der Waals surface area contributed by atoms with E-state index in [0.717, 1.165) is 0 Å². The molecule has 0 atom stereocenters. The lowest BCUT2D eigenvalue weighted by Crippen LogP contribution is -2.27. The number of nitrogens with one attached hydrogen (secondary N) is 2. The summed E-state index contributed by atoms with van der Waals surface area (Å²) in [6, 6.07) is 6.79. The number of esters is 1. The summed E-state index contributed by atoms with van der Waals surface area (Å²) in [5.41, 5.74) is 1.29. The molecule has 1 aromatic heterocycles. The molecule has 1 aromatic carbocycles. The van der Waals surface area contributed by atoms with Crippen molar-refractivity contribution in [1.82, 2.24) is 15.3 Å². The van der Waals surface area contributed by atoms with Gasteiger partial charge >= 0.3 is 5.97 Å². The van der Waals surface area contributed by atoms with Crippen LogP contribution in [-0.4, -0.2) is 49.2 Å². The summed E-state index contributed by atoms with van der Waals surface area (Å²) >= 11 is 0. The quantitative estimate of drug-likeness (QED) is 0.584. The number of ether oxygens (including phenoxy) is 2. The predicted octanol–water partition coefficient (Wildman–Crippen LogP) is 1.38. The number of amides is 1. The van der Waals surface area contributed by atoms with Gasteiger partial charge < -0.3 is 20.1 Å². The third kappa shape index (κ3) is 4.75. The molecule has 126 valence electrons. The first-order valence-corrected chi connectivity index (χ1v) is 7.18. The molecular formula is C16H18N4O4. The first-order valence-electron chi connectivity index (χ1n) is 7.18. The van der Waals surface area contributed by atoms with Gasteiger partial charge in [0.25, 0.3) is 5.91 Å².